The zero-order valence-corrected chi connectivity index (χ0v) is 12.8. The minimum absolute atomic E-state index is 0.0380. The minimum Gasteiger partial charge on any atom is -0.485 e. The molecule has 1 heterocycles. The van der Waals surface area contributed by atoms with E-state index in [1.54, 1.807) is 30.5 Å². The van der Waals surface area contributed by atoms with Gasteiger partial charge < -0.3 is 9.72 Å². The summed E-state index contributed by atoms with van der Waals surface area (Å²) in [5.74, 6) is 0.488. The van der Waals surface area contributed by atoms with Crippen molar-refractivity contribution in [1.29, 1.82) is 0 Å². The molecule has 4 heteroatoms. The van der Waals surface area contributed by atoms with E-state index in [4.69, 9.17) is 4.74 Å². The summed E-state index contributed by atoms with van der Waals surface area (Å²) >= 11 is 0. The number of aldehydes is 1. The fourth-order valence-corrected chi connectivity index (χ4v) is 2.61. The first kappa shape index (κ1) is 15.0. The second kappa shape index (κ2) is 6.48. The normalized spacial score (nSPS) is 10.7. The molecule has 116 valence electrons. The number of H-pyrrole nitrogens is 1. The molecule has 1 aromatic heterocycles. The smallest absolute Gasteiger partial charge is 0.202 e. The molecule has 0 aliphatic rings. The number of aromatic amines is 1. The summed E-state index contributed by atoms with van der Waals surface area (Å²) in [6.07, 6.45) is 3.42. The van der Waals surface area contributed by atoms with Gasteiger partial charge in [0.25, 0.3) is 0 Å². The summed E-state index contributed by atoms with van der Waals surface area (Å²) in [6, 6.07) is 12.6. The Balaban J connectivity index is 1.76. The van der Waals surface area contributed by atoms with Gasteiger partial charge in [-0.05, 0) is 36.2 Å². The number of aryl methyl sites for hydroxylation is 1. The maximum atomic E-state index is 12.4. The van der Waals surface area contributed by atoms with E-state index in [1.165, 1.54) is 5.56 Å². The number of ketones is 1. The Morgan fingerprint density at radius 1 is 1.17 bits per heavy atom. The first-order valence-electron chi connectivity index (χ1n) is 7.53. The number of carbonyl (C=O) groups is 2. The number of nitrogens with one attached hydrogen (secondary N) is 1. The number of hydrogen-bond acceptors (Lipinski definition) is 3. The van der Waals surface area contributed by atoms with E-state index in [-0.39, 0.29) is 12.4 Å². The van der Waals surface area contributed by atoms with Gasteiger partial charge in [0, 0.05) is 28.2 Å². The van der Waals surface area contributed by atoms with Crippen molar-refractivity contribution in [2.75, 3.05) is 6.61 Å². The second-order valence-corrected chi connectivity index (χ2v) is 5.29. The van der Waals surface area contributed by atoms with E-state index in [0.29, 0.717) is 16.9 Å². The second-order valence-electron chi connectivity index (χ2n) is 5.29. The lowest BCUT2D eigenvalue weighted by atomic mass is 10.1. The summed E-state index contributed by atoms with van der Waals surface area (Å²) in [6.45, 7) is 2.05. The van der Waals surface area contributed by atoms with Crippen molar-refractivity contribution < 1.29 is 14.3 Å². The first-order chi connectivity index (χ1) is 11.2. The summed E-state index contributed by atoms with van der Waals surface area (Å²) in [7, 11) is 0. The van der Waals surface area contributed by atoms with Crippen molar-refractivity contribution in [3.05, 3.63) is 65.4 Å². The summed E-state index contributed by atoms with van der Waals surface area (Å²) in [4.78, 5) is 26.2. The third-order valence-electron chi connectivity index (χ3n) is 3.87. The van der Waals surface area contributed by atoms with Crippen molar-refractivity contribution in [2.24, 2.45) is 0 Å². The highest BCUT2D eigenvalue weighted by molar-refractivity contribution is 6.09. The third-order valence-corrected chi connectivity index (χ3v) is 3.87. The van der Waals surface area contributed by atoms with Gasteiger partial charge >= 0.3 is 0 Å². The molecule has 0 amide bonds. The van der Waals surface area contributed by atoms with Crippen LogP contribution in [0.3, 0.4) is 0 Å². The van der Waals surface area contributed by atoms with Gasteiger partial charge in [-0.1, -0.05) is 25.1 Å². The summed E-state index contributed by atoms with van der Waals surface area (Å²) in [5, 5.41) is 0.925. The standard InChI is InChI=1S/C19H17NO3/c1-2-14-4-3-5-16-17(10-20-19(14)16)18(22)12-23-15-8-6-13(11-21)7-9-15/h3-11,20H,2,12H2,1H3. The molecule has 0 bridgehead atoms. The maximum Gasteiger partial charge on any atom is 0.202 e. The minimum atomic E-state index is -0.0797. The number of carbonyl (C=O) groups excluding carboxylic acids is 2. The molecule has 0 unspecified atom stereocenters. The van der Waals surface area contributed by atoms with Crippen LogP contribution in [0.2, 0.25) is 0 Å². The van der Waals surface area contributed by atoms with Gasteiger partial charge in [0.1, 0.15) is 12.0 Å². The molecule has 3 rings (SSSR count). The number of hydrogen-bond donors (Lipinski definition) is 1. The van der Waals surface area contributed by atoms with Gasteiger partial charge in [-0.3, -0.25) is 9.59 Å². The fraction of sp³-hybridized carbons (Fsp3) is 0.158. The predicted molar refractivity (Wildman–Crippen MR) is 89.3 cm³/mol. The SMILES string of the molecule is CCc1cccc2c(C(=O)COc3ccc(C=O)cc3)c[nH]c12. The van der Waals surface area contributed by atoms with Crippen molar-refractivity contribution in [3.8, 4) is 5.75 Å². The van der Waals surface area contributed by atoms with E-state index in [0.717, 1.165) is 23.6 Å². The molecule has 2 aromatic carbocycles. The van der Waals surface area contributed by atoms with Crippen LogP contribution in [0.25, 0.3) is 10.9 Å². The first-order valence-corrected chi connectivity index (χ1v) is 7.53. The molecule has 23 heavy (non-hydrogen) atoms. The highest BCUT2D eigenvalue weighted by atomic mass is 16.5. The van der Waals surface area contributed by atoms with Crippen LogP contribution >= 0.6 is 0 Å². The van der Waals surface area contributed by atoms with E-state index < -0.39 is 0 Å². The monoisotopic (exact) mass is 307 g/mol. The van der Waals surface area contributed by atoms with Crippen LogP contribution in [0.5, 0.6) is 5.75 Å². The van der Waals surface area contributed by atoms with Gasteiger partial charge in [-0.2, -0.15) is 0 Å². The zero-order valence-electron chi connectivity index (χ0n) is 12.8. The Hall–Kier alpha value is -2.88. The fourth-order valence-electron chi connectivity index (χ4n) is 2.61. The van der Waals surface area contributed by atoms with Crippen LogP contribution in [0.4, 0.5) is 0 Å². The number of fused-ring (bicyclic) bond motifs is 1. The molecule has 0 spiro atoms. The topological polar surface area (TPSA) is 59.2 Å². The number of rotatable bonds is 6. The van der Waals surface area contributed by atoms with E-state index >= 15 is 0 Å². The quantitative estimate of drug-likeness (QED) is 0.556. The van der Waals surface area contributed by atoms with E-state index in [2.05, 4.69) is 18.0 Å². The van der Waals surface area contributed by atoms with Crippen LogP contribution in [-0.2, 0) is 6.42 Å². The van der Waals surface area contributed by atoms with Crippen LogP contribution in [0, 0.1) is 0 Å². The average Bonchev–Trinajstić information content (AvgIpc) is 3.04. The molecule has 0 saturated heterocycles. The number of benzene rings is 2. The lowest BCUT2D eigenvalue weighted by molar-refractivity contribution is 0.0923. The van der Waals surface area contributed by atoms with Crippen molar-refractivity contribution in [1.82, 2.24) is 4.98 Å². The Labute approximate surface area is 134 Å². The van der Waals surface area contributed by atoms with Gasteiger partial charge in [-0.15, -0.1) is 0 Å². The molecule has 0 radical (unpaired) electrons. The van der Waals surface area contributed by atoms with Gasteiger partial charge in [0.15, 0.2) is 6.61 Å². The molecule has 4 nitrogen and oxygen atoms in total. The van der Waals surface area contributed by atoms with Crippen LogP contribution < -0.4 is 4.74 Å². The molecule has 0 atom stereocenters. The van der Waals surface area contributed by atoms with E-state index in [1.807, 2.05) is 12.1 Å². The molecule has 0 fully saturated rings. The van der Waals surface area contributed by atoms with Crippen molar-refractivity contribution in [3.63, 3.8) is 0 Å². The van der Waals surface area contributed by atoms with Gasteiger partial charge in [0.05, 0.1) is 0 Å². The molecule has 1 N–H and O–H groups in total. The number of Topliss-reactive ketones (excluding diaryl/α,β-unsaturated/α-hetero) is 1. The molecule has 0 aliphatic heterocycles. The summed E-state index contributed by atoms with van der Waals surface area (Å²) < 4.78 is 5.52. The Bertz CT molecular complexity index is 847. The molecule has 0 saturated carbocycles. The number of para-hydroxylation sites is 1. The molecule has 3 aromatic rings. The molecular formula is C19H17NO3. The highest BCUT2D eigenvalue weighted by Crippen LogP contribution is 2.23. The molecular weight excluding hydrogens is 290 g/mol. The zero-order chi connectivity index (χ0) is 16.2. The highest BCUT2D eigenvalue weighted by Gasteiger charge is 2.14. The van der Waals surface area contributed by atoms with Crippen molar-refractivity contribution in [2.45, 2.75) is 13.3 Å². The van der Waals surface area contributed by atoms with Gasteiger partial charge in [0.2, 0.25) is 5.78 Å². The predicted octanol–water partition coefficient (Wildman–Crippen LogP) is 3.80. The third kappa shape index (κ3) is 3.01. The lowest BCUT2D eigenvalue weighted by Crippen LogP contribution is -2.11. The van der Waals surface area contributed by atoms with Crippen LogP contribution in [0.15, 0.2) is 48.7 Å². The van der Waals surface area contributed by atoms with E-state index in [9.17, 15) is 9.59 Å². The van der Waals surface area contributed by atoms with Gasteiger partial charge in [-0.25, -0.2) is 0 Å². The molecule has 0 aliphatic carbocycles. The lowest BCUT2D eigenvalue weighted by Gasteiger charge is -2.05. The number of ether oxygens (including phenoxy) is 1. The van der Waals surface area contributed by atoms with Crippen molar-refractivity contribution >= 4 is 23.0 Å². The Morgan fingerprint density at radius 3 is 2.65 bits per heavy atom. The summed E-state index contributed by atoms with van der Waals surface area (Å²) in [5.41, 5.74) is 3.41. The van der Waals surface area contributed by atoms with Crippen LogP contribution in [-0.4, -0.2) is 23.7 Å². The Morgan fingerprint density at radius 2 is 1.96 bits per heavy atom. The average molecular weight is 307 g/mol. The largest absolute Gasteiger partial charge is 0.485 e. The maximum absolute atomic E-state index is 12.4. The number of aromatic nitrogens is 1. The Kier molecular flexibility index (Phi) is 4.24. The van der Waals surface area contributed by atoms with Crippen LogP contribution in [0.1, 0.15) is 33.2 Å².